The number of carbonyl (C=O) groups excluding carboxylic acids is 1. The summed E-state index contributed by atoms with van der Waals surface area (Å²) in [5, 5.41) is 23.5. The zero-order valence-electron chi connectivity index (χ0n) is 19.5. The topological polar surface area (TPSA) is 175 Å². The number of aliphatic hydroxyl groups is 2. The monoisotopic (exact) mass is 508 g/mol. The van der Waals surface area contributed by atoms with Gasteiger partial charge in [-0.25, -0.2) is 9.36 Å². The van der Waals surface area contributed by atoms with Gasteiger partial charge in [-0.3, -0.25) is 13.9 Å². The molecule has 1 aromatic carbocycles. The first-order chi connectivity index (χ1) is 16.5. The van der Waals surface area contributed by atoms with Gasteiger partial charge in [0.05, 0.1) is 18.8 Å². The van der Waals surface area contributed by atoms with Crippen LogP contribution in [0.4, 0.5) is 5.82 Å². The molecule has 0 radical (unpaired) electrons. The van der Waals surface area contributed by atoms with E-state index in [9.17, 15) is 24.4 Å². The Bertz CT molecular complexity index is 1170. The van der Waals surface area contributed by atoms with Crippen LogP contribution in [0.2, 0.25) is 0 Å². The highest BCUT2D eigenvalue weighted by atomic mass is 31.2. The average Bonchev–Trinajstić information content (AvgIpc) is 3.06. The molecule has 5 atom stereocenters. The molecule has 190 valence electrons. The van der Waals surface area contributed by atoms with Crippen LogP contribution >= 0.6 is 7.75 Å². The first-order valence-electron chi connectivity index (χ1n) is 10.9. The highest BCUT2D eigenvalue weighted by Crippen LogP contribution is 2.46. The molecule has 13 heteroatoms. The zero-order chi connectivity index (χ0) is 25.8. The first kappa shape index (κ1) is 26.6. The van der Waals surface area contributed by atoms with E-state index in [1.807, 2.05) is 0 Å². The van der Waals surface area contributed by atoms with Crippen molar-refractivity contribution in [2.24, 2.45) is 0 Å². The van der Waals surface area contributed by atoms with Gasteiger partial charge in [-0.05, 0) is 44.5 Å². The Kier molecular flexibility index (Phi) is 8.47. The van der Waals surface area contributed by atoms with E-state index in [4.69, 9.17) is 19.5 Å². The molecule has 2 aromatic rings. The molecule has 0 saturated carbocycles. The minimum Gasteiger partial charge on any atom is -0.462 e. The summed E-state index contributed by atoms with van der Waals surface area (Å²) in [6.45, 7) is 4.37. The number of nitrogens with zero attached hydrogens (tertiary/aromatic N) is 2. The number of hydrogen-bond donors (Lipinski definition) is 4. The van der Waals surface area contributed by atoms with Gasteiger partial charge in [0.2, 0.25) is 0 Å². The summed E-state index contributed by atoms with van der Waals surface area (Å²) in [4.78, 5) is 28.0. The first-order valence-corrected chi connectivity index (χ1v) is 12.4. The molecule has 0 fully saturated rings. The second-order valence-corrected chi connectivity index (χ2v) is 9.92. The van der Waals surface area contributed by atoms with E-state index in [-0.39, 0.29) is 23.2 Å². The third-order valence-electron chi connectivity index (χ3n) is 5.04. The van der Waals surface area contributed by atoms with E-state index in [0.717, 1.165) is 4.57 Å². The van der Waals surface area contributed by atoms with Crippen molar-refractivity contribution in [3.8, 4) is 5.75 Å². The van der Waals surface area contributed by atoms with Gasteiger partial charge in [0.1, 0.15) is 29.8 Å². The smallest absolute Gasteiger partial charge is 0.459 e. The Morgan fingerprint density at radius 2 is 1.91 bits per heavy atom. The van der Waals surface area contributed by atoms with Crippen LogP contribution in [0.25, 0.3) is 0 Å². The lowest BCUT2D eigenvalue weighted by Crippen LogP contribution is -2.37. The number of anilines is 1. The normalized spacial score (nSPS) is 22.3. The minimum atomic E-state index is -4.18. The van der Waals surface area contributed by atoms with Gasteiger partial charge < -0.3 is 25.2 Å². The minimum absolute atomic E-state index is 0.0157. The highest BCUT2D eigenvalue weighted by molar-refractivity contribution is 7.52. The summed E-state index contributed by atoms with van der Waals surface area (Å²) in [6.07, 6.45) is -0.432. The van der Waals surface area contributed by atoms with E-state index in [2.05, 4.69) is 10.1 Å². The van der Waals surface area contributed by atoms with Gasteiger partial charge in [-0.1, -0.05) is 24.3 Å². The molecular weight excluding hydrogens is 479 g/mol. The van der Waals surface area contributed by atoms with Crippen molar-refractivity contribution in [2.75, 3.05) is 12.3 Å². The number of aromatic nitrogens is 2. The second-order valence-electron chi connectivity index (χ2n) is 8.22. The Morgan fingerprint density at radius 3 is 2.54 bits per heavy atom. The number of nitrogen functional groups attached to an aromatic ring is 1. The van der Waals surface area contributed by atoms with E-state index in [1.165, 1.54) is 25.3 Å². The van der Waals surface area contributed by atoms with Crippen molar-refractivity contribution in [1.82, 2.24) is 14.6 Å². The summed E-state index contributed by atoms with van der Waals surface area (Å²) in [5.74, 6) is -0.431. The van der Waals surface area contributed by atoms with Gasteiger partial charge in [0, 0.05) is 6.20 Å². The van der Waals surface area contributed by atoms with Crippen LogP contribution in [0.5, 0.6) is 5.75 Å². The molecule has 0 bridgehead atoms. The molecule has 1 unspecified atom stereocenters. The third kappa shape index (κ3) is 6.77. The van der Waals surface area contributed by atoms with Crippen LogP contribution in [0.1, 0.15) is 26.8 Å². The fourth-order valence-corrected chi connectivity index (χ4v) is 4.83. The average molecular weight is 508 g/mol. The van der Waals surface area contributed by atoms with E-state index >= 15 is 0 Å². The van der Waals surface area contributed by atoms with Crippen LogP contribution in [0.15, 0.2) is 59.0 Å². The molecule has 0 spiro atoms. The summed E-state index contributed by atoms with van der Waals surface area (Å²) in [7, 11) is -4.18. The number of aliphatic hydroxyl groups excluding tert-OH is 2. The highest BCUT2D eigenvalue weighted by Gasteiger charge is 2.39. The van der Waals surface area contributed by atoms with Crippen LogP contribution in [0, 0.1) is 0 Å². The van der Waals surface area contributed by atoms with E-state index in [1.54, 1.807) is 44.2 Å². The Morgan fingerprint density at radius 1 is 1.23 bits per heavy atom. The van der Waals surface area contributed by atoms with Crippen molar-refractivity contribution >= 4 is 19.5 Å². The summed E-state index contributed by atoms with van der Waals surface area (Å²) < 4.78 is 30.9. The SMILES string of the molecule is CC(C)OC(=O)[C@@H](C)NP(=O)(OCC1=C[C@@H](n2ccc(N)nc2=O)[C@H](O)[C@@H]1O)Oc1ccccc1. The number of esters is 1. The largest absolute Gasteiger partial charge is 0.462 e. The molecule has 1 aliphatic carbocycles. The van der Waals surface area contributed by atoms with Gasteiger partial charge in [0.25, 0.3) is 0 Å². The molecule has 1 aliphatic rings. The van der Waals surface area contributed by atoms with Gasteiger partial charge in [-0.2, -0.15) is 10.1 Å². The predicted molar refractivity (Wildman–Crippen MR) is 126 cm³/mol. The lowest BCUT2D eigenvalue weighted by Gasteiger charge is -2.24. The summed E-state index contributed by atoms with van der Waals surface area (Å²) in [5.41, 5.74) is 4.95. The zero-order valence-corrected chi connectivity index (χ0v) is 20.4. The van der Waals surface area contributed by atoms with Gasteiger partial charge in [0.15, 0.2) is 0 Å². The second kappa shape index (κ2) is 11.1. The number of nitrogens with two attached hydrogens (primary N) is 1. The molecule has 1 heterocycles. The summed E-state index contributed by atoms with van der Waals surface area (Å²) in [6, 6.07) is 7.56. The number of rotatable bonds is 10. The number of nitrogens with one attached hydrogen (secondary N) is 1. The molecule has 12 nitrogen and oxygen atoms in total. The van der Waals surface area contributed by atoms with Gasteiger partial charge >= 0.3 is 19.4 Å². The van der Waals surface area contributed by atoms with Gasteiger partial charge in [-0.15, -0.1) is 0 Å². The van der Waals surface area contributed by atoms with E-state index < -0.39 is 50.3 Å². The van der Waals surface area contributed by atoms with Crippen molar-refractivity contribution in [3.63, 3.8) is 0 Å². The Hall–Kier alpha value is -3.02. The Balaban J connectivity index is 1.80. The molecule has 0 aliphatic heterocycles. The fourth-order valence-electron chi connectivity index (χ4n) is 3.35. The lowest BCUT2D eigenvalue weighted by molar-refractivity contribution is -0.149. The van der Waals surface area contributed by atoms with Crippen LogP contribution < -0.4 is 21.0 Å². The van der Waals surface area contributed by atoms with Crippen molar-refractivity contribution in [2.45, 2.75) is 51.2 Å². The van der Waals surface area contributed by atoms with Crippen molar-refractivity contribution < 1.29 is 33.4 Å². The molecular formula is C22H29N4O8P. The lowest BCUT2D eigenvalue weighted by atomic mass is 10.1. The number of benzene rings is 1. The molecule has 35 heavy (non-hydrogen) atoms. The maximum atomic E-state index is 13.6. The van der Waals surface area contributed by atoms with Crippen molar-refractivity contribution in [3.05, 3.63) is 64.7 Å². The van der Waals surface area contributed by atoms with Crippen LogP contribution in [-0.2, 0) is 18.6 Å². The maximum absolute atomic E-state index is 13.6. The number of ether oxygens (including phenoxy) is 1. The third-order valence-corrected chi connectivity index (χ3v) is 6.66. The number of para-hydroxylation sites is 1. The summed E-state index contributed by atoms with van der Waals surface area (Å²) >= 11 is 0. The van der Waals surface area contributed by atoms with Crippen LogP contribution in [-0.4, -0.2) is 56.7 Å². The Labute approximate surface area is 201 Å². The fraction of sp³-hybridized carbons (Fsp3) is 0.409. The van der Waals surface area contributed by atoms with Crippen molar-refractivity contribution in [1.29, 1.82) is 0 Å². The predicted octanol–water partition coefficient (Wildman–Crippen LogP) is 1.16. The molecule has 0 saturated heterocycles. The number of carbonyl (C=O) groups is 1. The molecule has 3 rings (SSSR count). The maximum Gasteiger partial charge on any atom is 0.459 e. The molecule has 0 amide bonds. The number of hydrogen-bond acceptors (Lipinski definition) is 10. The standard InChI is InChI=1S/C22H29N4O8P/c1-13(2)33-21(29)14(3)25-35(31,34-16-7-5-4-6-8-16)32-12-15-11-17(20(28)19(15)27)26-10-9-18(23)24-22(26)30/h4-11,13-14,17,19-20,27-28H,12H2,1-3H3,(H,25,31)(H2,23,24,30)/t14-,17-,19-,20+,35?/m1/s1. The van der Waals surface area contributed by atoms with Crippen LogP contribution in [0.3, 0.4) is 0 Å². The molecule has 5 N–H and O–H groups in total. The van der Waals surface area contributed by atoms with E-state index in [0.29, 0.717) is 0 Å². The molecule has 1 aromatic heterocycles. The quantitative estimate of drug-likeness (QED) is 0.206.